The van der Waals surface area contributed by atoms with Gasteiger partial charge in [0.25, 0.3) is 0 Å². The fourth-order valence-electron chi connectivity index (χ4n) is 3.49. The van der Waals surface area contributed by atoms with E-state index in [1.807, 2.05) is 31.3 Å². The van der Waals surface area contributed by atoms with Crippen LogP contribution in [0.1, 0.15) is 25.7 Å². The molecule has 0 amide bonds. The van der Waals surface area contributed by atoms with Crippen LogP contribution in [0.3, 0.4) is 0 Å². The molecule has 1 aliphatic carbocycles. The molecule has 0 spiro atoms. The molecule has 2 unspecified atom stereocenters. The highest BCUT2D eigenvalue weighted by atomic mass is 16.5. The van der Waals surface area contributed by atoms with Crippen LogP contribution < -0.4 is 14.9 Å². The Balaban J connectivity index is 0.000000174. The summed E-state index contributed by atoms with van der Waals surface area (Å²) in [6.07, 6.45) is 5.13. The first kappa shape index (κ1) is 17.6. The topological polar surface area (TPSA) is 46.1 Å². The zero-order valence-electron chi connectivity index (χ0n) is 14.7. The van der Waals surface area contributed by atoms with Crippen molar-refractivity contribution < 1.29 is 9.47 Å². The lowest BCUT2D eigenvalue weighted by molar-refractivity contribution is 0.260. The van der Waals surface area contributed by atoms with Gasteiger partial charge in [-0.2, -0.15) is 5.10 Å². The lowest BCUT2D eigenvalue weighted by Gasteiger charge is -2.30. The maximum atomic E-state index is 5.01. The van der Waals surface area contributed by atoms with Gasteiger partial charge >= 0.3 is 0 Å². The van der Waals surface area contributed by atoms with Gasteiger partial charge in [-0.15, -0.1) is 0 Å². The number of methoxy groups -OCH3 is 2. The second kappa shape index (κ2) is 8.77. The number of hydrogen-bond donors (Lipinski definition) is 1. The molecule has 1 saturated carbocycles. The summed E-state index contributed by atoms with van der Waals surface area (Å²) >= 11 is 0. The van der Waals surface area contributed by atoms with Gasteiger partial charge in [-0.1, -0.05) is 12.1 Å². The molecule has 2 aliphatic rings. The Labute approximate surface area is 139 Å². The van der Waals surface area contributed by atoms with Gasteiger partial charge in [-0.05, 0) is 50.9 Å². The molecule has 2 atom stereocenters. The third-order valence-electron chi connectivity index (χ3n) is 4.77. The lowest BCUT2D eigenvalue weighted by Crippen LogP contribution is -2.35. The predicted octanol–water partition coefficient (Wildman–Crippen LogP) is 2.77. The summed E-state index contributed by atoms with van der Waals surface area (Å²) in [6.45, 7) is 1.28. The molecule has 5 nitrogen and oxygen atoms in total. The number of para-hydroxylation sites is 2. The monoisotopic (exact) mass is 319 g/mol. The third-order valence-corrected chi connectivity index (χ3v) is 4.77. The summed E-state index contributed by atoms with van der Waals surface area (Å²) in [7, 11) is 7.38. The van der Waals surface area contributed by atoms with Gasteiger partial charge in [0.1, 0.15) is 0 Å². The number of hydrazone groups is 1. The van der Waals surface area contributed by atoms with Crippen LogP contribution >= 0.6 is 0 Å². The van der Waals surface area contributed by atoms with Crippen molar-refractivity contribution in [1.29, 1.82) is 0 Å². The molecule has 0 radical (unpaired) electrons. The first-order valence-corrected chi connectivity index (χ1v) is 8.29. The van der Waals surface area contributed by atoms with E-state index in [2.05, 4.69) is 22.5 Å². The largest absolute Gasteiger partial charge is 0.493 e. The van der Waals surface area contributed by atoms with Gasteiger partial charge in [0.15, 0.2) is 11.5 Å². The van der Waals surface area contributed by atoms with Crippen molar-refractivity contribution in [2.45, 2.75) is 31.7 Å². The van der Waals surface area contributed by atoms with Crippen LogP contribution in [0.15, 0.2) is 29.4 Å². The maximum Gasteiger partial charge on any atom is 0.160 e. The predicted molar refractivity (Wildman–Crippen MR) is 94.4 cm³/mol. The third kappa shape index (κ3) is 4.61. The van der Waals surface area contributed by atoms with E-state index in [4.69, 9.17) is 9.47 Å². The average molecular weight is 319 g/mol. The molecular formula is C18H29N3O2. The minimum absolute atomic E-state index is 0.769. The van der Waals surface area contributed by atoms with Crippen LogP contribution in [-0.2, 0) is 0 Å². The molecule has 128 valence electrons. The molecule has 23 heavy (non-hydrogen) atoms. The van der Waals surface area contributed by atoms with E-state index in [-0.39, 0.29) is 0 Å². The SMILES string of the molecule is CN/N=C1/CCC2CCN(C)C2C1.COc1ccccc1OC. The molecule has 0 bridgehead atoms. The molecule has 1 aliphatic heterocycles. The van der Waals surface area contributed by atoms with Crippen LogP contribution in [0.4, 0.5) is 0 Å². The van der Waals surface area contributed by atoms with Gasteiger partial charge in [-0.25, -0.2) is 0 Å². The van der Waals surface area contributed by atoms with Gasteiger partial charge in [-0.3, -0.25) is 0 Å². The Kier molecular flexibility index (Phi) is 6.71. The normalized spacial score (nSPS) is 25.3. The number of ether oxygens (including phenoxy) is 2. The first-order chi connectivity index (χ1) is 11.2. The molecule has 1 saturated heterocycles. The fraction of sp³-hybridized carbons (Fsp3) is 0.611. The Morgan fingerprint density at radius 1 is 1.13 bits per heavy atom. The van der Waals surface area contributed by atoms with Crippen molar-refractivity contribution in [3.63, 3.8) is 0 Å². The number of likely N-dealkylation sites (tertiary alicyclic amines) is 1. The summed E-state index contributed by atoms with van der Waals surface area (Å²) in [5.74, 6) is 2.48. The lowest BCUT2D eigenvalue weighted by atomic mass is 9.84. The summed E-state index contributed by atoms with van der Waals surface area (Å²) in [4.78, 5) is 2.50. The van der Waals surface area contributed by atoms with Crippen molar-refractivity contribution >= 4 is 5.71 Å². The molecule has 5 heteroatoms. The van der Waals surface area contributed by atoms with E-state index in [0.717, 1.165) is 23.5 Å². The van der Waals surface area contributed by atoms with Gasteiger partial charge in [0, 0.05) is 25.2 Å². The number of hydrogen-bond acceptors (Lipinski definition) is 5. The van der Waals surface area contributed by atoms with Crippen molar-refractivity contribution in [2.24, 2.45) is 11.0 Å². The maximum absolute atomic E-state index is 5.01. The molecule has 1 heterocycles. The van der Waals surface area contributed by atoms with Gasteiger partial charge < -0.3 is 19.8 Å². The summed E-state index contributed by atoms with van der Waals surface area (Å²) in [6, 6.07) is 8.31. The van der Waals surface area contributed by atoms with E-state index >= 15 is 0 Å². The van der Waals surface area contributed by atoms with E-state index in [9.17, 15) is 0 Å². The quantitative estimate of drug-likeness (QED) is 0.870. The fourth-order valence-corrected chi connectivity index (χ4v) is 3.49. The average Bonchev–Trinajstić information content (AvgIpc) is 2.96. The molecule has 2 fully saturated rings. The number of nitrogens with one attached hydrogen (secondary N) is 1. The summed E-state index contributed by atoms with van der Waals surface area (Å²) in [5, 5.41) is 4.32. The minimum atomic E-state index is 0.769. The van der Waals surface area contributed by atoms with Crippen molar-refractivity contribution in [1.82, 2.24) is 10.3 Å². The zero-order chi connectivity index (χ0) is 16.7. The number of rotatable bonds is 3. The van der Waals surface area contributed by atoms with E-state index in [0.29, 0.717) is 0 Å². The van der Waals surface area contributed by atoms with E-state index in [1.165, 1.54) is 37.9 Å². The molecule has 1 aromatic carbocycles. The zero-order valence-corrected chi connectivity index (χ0v) is 14.7. The van der Waals surface area contributed by atoms with Crippen LogP contribution in [0, 0.1) is 5.92 Å². The standard InChI is InChI=1S/C10H19N3.C8H10O2/c1-11-12-9-4-3-8-5-6-13(2)10(8)7-9;1-9-7-5-3-4-6-8(7)10-2/h8,10-11H,3-7H2,1-2H3;3-6H,1-2H3/b12-9-;. The highest BCUT2D eigenvalue weighted by molar-refractivity contribution is 5.85. The second-order valence-corrected chi connectivity index (χ2v) is 6.10. The second-order valence-electron chi connectivity index (χ2n) is 6.10. The van der Waals surface area contributed by atoms with Crippen LogP contribution in [0.2, 0.25) is 0 Å². The molecule has 3 rings (SSSR count). The minimum Gasteiger partial charge on any atom is -0.493 e. The smallest absolute Gasteiger partial charge is 0.160 e. The Bertz CT molecular complexity index is 496. The van der Waals surface area contributed by atoms with E-state index in [1.54, 1.807) is 14.2 Å². The van der Waals surface area contributed by atoms with Crippen molar-refractivity contribution in [3.8, 4) is 11.5 Å². The number of benzene rings is 1. The van der Waals surface area contributed by atoms with Gasteiger partial charge in [0.2, 0.25) is 0 Å². The molecule has 0 aromatic heterocycles. The van der Waals surface area contributed by atoms with Crippen LogP contribution in [0.5, 0.6) is 11.5 Å². The molecular weight excluding hydrogens is 290 g/mol. The summed E-state index contributed by atoms with van der Waals surface area (Å²) in [5.41, 5.74) is 4.26. The van der Waals surface area contributed by atoms with Crippen molar-refractivity contribution in [2.75, 3.05) is 34.9 Å². The Hall–Kier alpha value is -1.75. The molecule has 1 aromatic rings. The van der Waals surface area contributed by atoms with Crippen molar-refractivity contribution in [3.05, 3.63) is 24.3 Å². The van der Waals surface area contributed by atoms with Crippen LogP contribution in [0.25, 0.3) is 0 Å². The van der Waals surface area contributed by atoms with Gasteiger partial charge in [0.05, 0.1) is 14.2 Å². The first-order valence-electron chi connectivity index (χ1n) is 8.29. The summed E-state index contributed by atoms with van der Waals surface area (Å²) < 4.78 is 10.0. The molecule has 1 N–H and O–H groups in total. The van der Waals surface area contributed by atoms with E-state index < -0.39 is 0 Å². The Morgan fingerprint density at radius 3 is 2.35 bits per heavy atom. The highest BCUT2D eigenvalue weighted by Crippen LogP contribution is 2.33. The number of fused-ring (bicyclic) bond motifs is 1. The van der Waals surface area contributed by atoms with Crippen LogP contribution in [-0.4, -0.2) is 51.5 Å². The highest BCUT2D eigenvalue weighted by Gasteiger charge is 2.35. The number of nitrogens with zero attached hydrogens (tertiary/aromatic N) is 2. The Morgan fingerprint density at radius 2 is 1.78 bits per heavy atom.